The van der Waals surface area contributed by atoms with Gasteiger partial charge in [0.15, 0.2) is 0 Å². The predicted octanol–water partition coefficient (Wildman–Crippen LogP) is 5.07. The Kier molecular flexibility index (Phi) is 5.85. The quantitative estimate of drug-likeness (QED) is 0.834. The molecule has 2 aromatic rings. The third-order valence-electron chi connectivity index (χ3n) is 4.09. The zero-order valence-corrected chi connectivity index (χ0v) is 15.0. The highest BCUT2D eigenvalue weighted by atomic mass is 16.5. The molecule has 0 aliphatic heterocycles. The molecule has 128 valence electrons. The molecule has 4 heteroatoms. The molecule has 0 fully saturated rings. The van der Waals surface area contributed by atoms with Gasteiger partial charge in [-0.25, -0.2) is 4.79 Å². The number of amides is 1. The number of ether oxygens (including phenoxy) is 2. The third kappa shape index (κ3) is 4.28. The number of benzene rings is 2. The number of nitrogens with one attached hydrogen (secondary N) is 1. The fourth-order valence-corrected chi connectivity index (χ4v) is 2.53. The summed E-state index contributed by atoms with van der Waals surface area (Å²) in [5.41, 5.74) is 6.28. The second-order valence-electron chi connectivity index (χ2n) is 5.94. The molecule has 0 spiro atoms. The first-order valence-corrected chi connectivity index (χ1v) is 8.15. The average Bonchev–Trinajstić information content (AvgIpc) is 2.51. The van der Waals surface area contributed by atoms with E-state index in [-0.39, 0.29) is 0 Å². The van der Waals surface area contributed by atoms with Crippen LogP contribution < -0.4 is 10.1 Å². The maximum atomic E-state index is 11.7. The van der Waals surface area contributed by atoms with E-state index in [2.05, 4.69) is 31.3 Å². The summed E-state index contributed by atoms with van der Waals surface area (Å²) >= 11 is 0. The fourth-order valence-electron chi connectivity index (χ4n) is 2.53. The van der Waals surface area contributed by atoms with E-state index < -0.39 is 6.09 Å². The van der Waals surface area contributed by atoms with E-state index in [9.17, 15) is 4.79 Å². The van der Waals surface area contributed by atoms with Crippen molar-refractivity contribution in [3.8, 4) is 5.75 Å². The molecule has 0 saturated carbocycles. The van der Waals surface area contributed by atoms with Crippen molar-refractivity contribution < 1.29 is 14.3 Å². The van der Waals surface area contributed by atoms with Crippen LogP contribution in [0, 0.1) is 27.7 Å². The van der Waals surface area contributed by atoms with Crippen molar-refractivity contribution in [1.29, 1.82) is 0 Å². The van der Waals surface area contributed by atoms with Gasteiger partial charge in [-0.2, -0.15) is 0 Å². The summed E-state index contributed by atoms with van der Waals surface area (Å²) < 4.78 is 11.0. The molecule has 0 heterocycles. The number of rotatable bonds is 5. The van der Waals surface area contributed by atoms with Gasteiger partial charge in [0.1, 0.15) is 12.4 Å². The molecule has 0 saturated heterocycles. The Labute approximate surface area is 143 Å². The maximum absolute atomic E-state index is 11.7. The van der Waals surface area contributed by atoms with Gasteiger partial charge in [0, 0.05) is 5.56 Å². The largest absolute Gasteiger partial charge is 0.489 e. The molecule has 0 aliphatic rings. The lowest BCUT2D eigenvalue weighted by Crippen LogP contribution is -2.15. The molecule has 0 aromatic heterocycles. The maximum Gasteiger partial charge on any atom is 0.411 e. The standard InChI is InChI=1S/C20H25NO3/c1-6-23-20(22)21-18-9-7-8-13(2)17(18)12-24-19-11-15(4)14(3)10-16(19)5/h7-11H,6,12H2,1-5H3,(H,21,22). The van der Waals surface area contributed by atoms with Crippen LogP contribution in [0.25, 0.3) is 0 Å². The first kappa shape index (κ1) is 17.9. The van der Waals surface area contributed by atoms with Gasteiger partial charge in [0.05, 0.1) is 12.3 Å². The summed E-state index contributed by atoms with van der Waals surface area (Å²) in [6.45, 7) is 10.7. The zero-order chi connectivity index (χ0) is 17.7. The van der Waals surface area contributed by atoms with E-state index in [0.717, 1.165) is 28.1 Å². The molecular formula is C20H25NO3. The Bertz CT molecular complexity index is 738. The minimum atomic E-state index is -0.452. The van der Waals surface area contributed by atoms with Crippen LogP contribution in [-0.2, 0) is 11.3 Å². The molecule has 0 aliphatic carbocycles. The first-order valence-electron chi connectivity index (χ1n) is 8.15. The number of anilines is 1. The third-order valence-corrected chi connectivity index (χ3v) is 4.09. The van der Waals surface area contributed by atoms with Crippen molar-refractivity contribution in [2.45, 2.75) is 41.2 Å². The van der Waals surface area contributed by atoms with E-state index in [1.807, 2.05) is 32.0 Å². The van der Waals surface area contributed by atoms with Crippen LogP contribution in [-0.4, -0.2) is 12.7 Å². The van der Waals surface area contributed by atoms with Crippen LogP contribution in [0.4, 0.5) is 10.5 Å². The number of carbonyl (C=O) groups excluding carboxylic acids is 1. The fraction of sp³-hybridized carbons (Fsp3) is 0.350. The summed E-state index contributed by atoms with van der Waals surface area (Å²) in [7, 11) is 0. The number of hydrogen-bond donors (Lipinski definition) is 1. The Morgan fingerprint density at radius 1 is 1.00 bits per heavy atom. The first-order chi connectivity index (χ1) is 11.4. The molecule has 0 radical (unpaired) electrons. The predicted molar refractivity (Wildman–Crippen MR) is 96.8 cm³/mol. The zero-order valence-electron chi connectivity index (χ0n) is 15.0. The van der Waals surface area contributed by atoms with Crippen LogP contribution in [0.3, 0.4) is 0 Å². The van der Waals surface area contributed by atoms with E-state index >= 15 is 0 Å². The molecule has 1 amide bonds. The van der Waals surface area contributed by atoms with Crippen LogP contribution in [0.15, 0.2) is 30.3 Å². The van der Waals surface area contributed by atoms with Crippen molar-refractivity contribution in [2.24, 2.45) is 0 Å². The molecular weight excluding hydrogens is 302 g/mol. The molecule has 24 heavy (non-hydrogen) atoms. The highest BCUT2D eigenvalue weighted by Gasteiger charge is 2.11. The van der Waals surface area contributed by atoms with Crippen LogP contribution >= 0.6 is 0 Å². The van der Waals surface area contributed by atoms with Crippen molar-refractivity contribution in [2.75, 3.05) is 11.9 Å². The minimum Gasteiger partial charge on any atom is -0.489 e. The lowest BCUT2D eigenvalue weighted by atomic mass is 10.1. The topological polar surface area (TPSA) is 47.6 Å². The SMILES string of the molecule is CCOC(=O)Nc1cccc(C)c1COc1cc(C)c(C)cc1C. The highest BCUT2D eigenvalue weighted by Crippen LogP contribution is 2.26. The molecule has 2 aromatic carbocycles. The molecule has 0 atom stereocenters. The van der Waals surface area contributed by atoms with Crippen molar-refractivity contribution in [3.63, 3.8) is 0 Å². The number of hydrogen-bond acceptors (Lipinski definition) is 3. The Hall–Kier alpha value is -2.49. The number of aryl methyl sites for hydroxylation is 4. The van der Waals surface area contributed by atoms with E-state index in [1.165, 1.54) is 11.1 Å². The van der Waals surface area contributed by atoms with Crippen molar-refractivity contribution in [1.82, 2.24) is 0 Å². The lowest BCUT2D eigenvalue weighted by molar-refractivity contribution is 0.168. The second kappa shape index (κ2) is 7.86. The normalized spacial score (nSPS) is 10.4. The summed E-state index contributed by atoms with van der Waals surface area (Å²) in [6, 6.07) is 9.95. The van der Waals surface area contributed by atoms with E-state index in [1.54, 1.807) is 6.92 Å². The van der Waals surface area contributed by atoms with Gasteiger partial charge in [0.25, 0.3) is 0 Å². The van der Waals surface area contributed by atoms with Gasteiger partial charge in [-0.15, -0.1) is 0 Å². The summed E-state index contributed by atoms with van der Waals surface area (Å²) in [5, 5.41) is 2.78. The summed E-state index contributed by atoms with van der Waals surface area (Å²) in [5.74, 6) is 0.864. The Morgan fingerprint density at radius 3 is 2.42 bits per heavy atom. The van der Waals surface area contributed by atoms with Crippen molar-refractivity contribution >= 4 is 11.8 Å². The van der Waals surface area contributed by atoms with Gasteiger partial charge in [0.2, 0.25) is 0 Å². The lowest BCUT2D eigenvalue weighted by Gasteiger charge is -2.16. The van der Waals surface area contributed by atoms with Crippen LogP contribution in [0.1, 0.15) is 34.7 Å². The average molecular weight is 327 g/mol. The van der Waals surface area contributed by atoms with Gasteiger partial charge >= 0.3 is 6.09 Å². The smallest absolute Gasteiger partial charge is 0.411 e. The van der Waals surface area contributed by atoms with Gasteiger partial charge < -0.3 is 9.47 Å². The van der Waals surface area contributed by atoms with E-state index in [0.29, 0.717) is 13.2 Å². The van der Waals surface area contributed by atoms with Crippen LogP contribution in [0.2, 0.25) is 0 Å². The molecule has 0 unspecified atom stereocenters. The molecule has 4 nitrogen and oxygen atoms in total. The van der Waals surface area contributed by atoms with E-state index in [4.69, 9.17) is 9.47 Å². The Balaban J connectivity index is 2.20. The van der Waals surface area contributed by atoms with Crippen LogP contribution in [0.5, 0.6) is 5.75 Å². The van der Waals surface area contributed by atoms with Gasteiger partial charge in [-0.3, -0.25) is 5.32 Å². The summed E-state index contributed by atoms with van der Waals surface area (Å²) in [6.07, 6.45) is -0.452. The second-order valence-corrected chi connectivity index (χ2v) is 5.94. The summed E-state index contributed by atoms with van der Waals surface area (Å²) in [4.78, 5) is 11.7. The highest BCUT2D eigenvalue weighted by molar-refractivity contribution is 5.85. The number of carbonyl (C=O) groups is 1. The van der Waals surface area contributed by atoms with Gasteiger partial charge in [-0.1, -0.05) is 18.2 Å². The molecule has 2 rings (SSSR count). The molecule has 0 bridgehead atoms. The minimum absolute atomic E-state index is 0.339. The van der Waals surface area contributed by atoms with Crippen molar-refractivity contribution in [3.05, 3.63) is 58.1 Å². The Morgan fingerprint density at radius 2 is 1.71 bits per heavy atom. The van der Waals surface area contributed by atoms with Gasteiger partial charge in [-0.05, 0) is 69.0 Å². The molecule has 1 N–H and O–H groups in total. The monoisotopic (exact) mass is 327 g/mol.